The first-order valence-electron chi connectivity index (χ1n) is 4.38. The van der Waals surface area contributed by atoms with Crippen molar-refractivity contribution in [2.75, 3.05) is 13.2 Å². The molecule has 0 spiro atoms. The fraction of sp³-hybridized carbons (Fsp3) is 0.875. The molecule has 0 aromatic heterocycles. The molecule has 12 heavy (non-hydrogen) atoms. The lowest BCUT2D eigenvalue weighted by molar-refractivity contribution is -0.162. The van der Waals surface area contributed by atoms with Gasteiger partial charge in [0.1, 0.15) is 6.04 Å². The van der Waals surface area contributed by atoms with Crippen LogP contribution in [-0.4, -0.2) is 30.2 Å². The molecule has 4 heteroatoms. The minimum atomic E-state index is -0.431. The summed E-state index contributed by atoms with van der Waals surface area (Å²) in [4.78, 5) is 16.4. The molecule has 1 heterocycles. The Kier molecular flexibility index (Phi) is 1.81. The quantitative estimate of drug-likeness (QED) is 0.621. The second-order valence-corrected chi connectivity index (χ2v) is 3.77. The summed E-state index contributed by atoms with van der Waals surface area (Å²) in [7, 11) is 0. The largest absolute Gasteiger partial charge is 0.318 e. The van der Waals surface area contributed by atoms with Crippen LogP contribution in [0, 0.1) is 11.8 Å². The predicted molar refractivity (Wildman–Crippen MR) is 42.9 cm³/mol. The number of carbonyl (C=O) groups is 1. The van der Waals surface area contributed by atoms with Gasteiger partial charge in [-0.2, -0.15) is 0 Å². The van der Waals surface area contributed by atoms with Crippen molar-refractivity contribution in [3.63, 3.8) is 0 Å². The van der Waals surface area contributed by atoms with Gasteiger partial charge in [-0.3, -0.25) is 9.63 Å². The highest BCUT2D eigenvalue weighted by atomic mass is 16.7. The van der Waals surface area contributed by atoms with E-state index < -0.39 is 6.04 Å². The van der Waals surface area contributed by atoms with Crippen LogP contribution >= 0.6 is 0 Å². The molecule has 2 fully saturated rings. The van der Waals surface area contributed by atoms with Crippen molar-refractivity contribution in [2.24, 2.45) is 17.6 Å². The zero-order valence-corrected chi connectivity index (χ0v) is 7.19. The maximum atomic E-state index is 11.3. The molecule has 1 aliphatic carbocycles. The second kappa shape index (κ2) is 2.71. The summed E-state index contributed by atoms with van der Waals surface area (Å²) in [5.74, 6) is 1.33. The van der Waals surface area contributed by atoms with Gasteiger partial charge in [0.2, 0.25) is 0 Å². The molecule has 3 unspecified atom stereocenters. The Morgan fingerprint density at radius 3 is 2.83 bits per heavy atom. The van der Waals surface area contributed by atoms with Crippen LogP contribution in [-0.2, 0) is 9.63 Å². The molecule has 2 N–H and O–H groups in total. The third kappa shape index (κ3) is 1.32. The van der Waals surface area contributed by atoms with Crippen molar-refractivity contribution in [3.05, 3.63) is 0 Å². The predicted octanol–water partition coefficient (Wildman–Crippen LogP) is -0.256. The minimum Gasteiger partial charge on any atom is -0.318 e. The van der Waals surface area contributed by atoms with Gasteiger partial charge in [0.05, 0.1) is 13.2 Å². The Morgan fingerprint density at radius 2 is 2.42 bits per heavy atom. The normalized spacial score (nSPS) is 40.7. The van der Waals surface area contributed by atoms with Gasteiger partial charge in [0, 0.05) is 0 Å². The molecule has 1 saturated carbocycles. The van der Waals surface area contributed by atoms with Crippen molar-refractivity contribution in [1.82, 2.24) is 5.06 Å². The third-order valence-corrected chi connectivity index (χ3v) is 2.65. The lowest BCUT2D eigenvalue weighted by Gasteiger charge is -2.12. The average Bonchev–Trinajstić information content (AvgIpc) is 2.64. The van der Waals surface area contributed by atoms with Crippen LogP contribution in [0.5, 0.6) is 0 Å². The first-order chi connectivity index (χ1) is 5.68. The number of nitrogens with two attached hydrogens (primary N) is 1. The number of hydroxylamine groups is 2. The summed E-state index contributed by atoms with van der Waals surface area (Å²) >= 11 is 0. The van der Waals surface area contributed by atoms with Gasteiger partial charge in [-0.1, -0.05) is 6.92 Å². The lowest BCUT2D eigenvalue weighted by atomic mass is 10.3. The van der Waals surface area contributed by atoms with Crippen LogP contribution in [0.3, 0.4) is 0 Å². The number of hydrogen-bond donors (Lipinski definition) is 1. The van der Waals surface area contributed by atoms with Gasteiger partial charge >= 0.3 is 0 Å². The van der Waals surface area contributed by atoms with Gasteiger partial charge in [-0.15, -0.1) is 0 Å². The van der Waals surface area contributed by atoms with Crippen LogP contribution < -0.4 is 5.73 Å². The number of nitrogens with zero attached hydrogens (tertiary/aromatic N) is 1. The van der Waals surface area contributed by atoms with Crippen LogP contribution in [0.2, 0.25) is 0 Å². The number of rotatable bonds is 2. The Labute approximate surface area is 71.6 Å². The van der Waals surface area contributed by atoms with Crippen LogP contribution in [0.15, 0.2) is 0 Å². The Balaban J connectivity index is 1.85. The zero-order chi connectivity index (χ0) is 8.72. The highest BCUT2D eigenvalue weighted by Gasteiger charge is 2.39. The van der Waals surface area contributed by atoms with Gasteiger partial charge < -0.3 is 5.73 Å². The van der Waals surface area contributed by atoms with Crippen LogP contribution in [0.4, 0.5) is 0 Å². The summed E-state index contributed by atoms with van der Waals surface area (Å²) in [5.41, 5.74) is 5.48. The Bertz CT molecular complexity index is 207. The highest BCUT2D eigenvalue weighted by Crippen LogP contribution is 2.38. The summed E-state index contributed by atoms with van der Waals surface area (Å²) in [5, 5.41) is 1.43. The van der Waals surface area contributed by atoms with E-state index in [0.29, 0.717) is 12.5 Å². The number of hydrogen-bond acceptors (Lipinski definition) is 3. The van der Waals surface area contributed by atoms with Gasteiger partial charge in [-0.05, 0) is 18.3 Å². The van der Waals surface area contributed by atoms with Gasteiger partial charge in [0.15, 0.2) is 0 Å². The average molecular weight is 170 g/mol. The fourth-order valence-corrected chi connectivity index (χ4v) is 1.50. The monoisotopic (exact) mass is 170 g/mol. The molecule has 2 aliphatic rings. The van der Waals surface area contributed by atoms with Gasteiger partial charge in [-0.25, -0.2) is 5.06 Å². The van der Waals surface area contributed by atoms with Crippen molar-refractivity contribution in [1.29, 1.82) is 0 Å². The van der Waals surface area contributed by atoms with Crippen molar-refractivity contribution >= 4 is 5.91 Å². The van der Waals surface area contributed by atoms with Gasteiger partial charge in [0.25, 0.3) is 5.91 Å². The maximum absolute atomic E-state index is 11.3. The van der Waals surface area contributed by atoms with E-state index in [1.165, 1.54) is 11.5 Å². The molecule has 1 amide bonds. The van der Waals surface area contributed by atoms with E-state index in [1.807, 2.05) is 0 Å². The van der Waals surface area contributed by atoms with E-state index in [4.69, 9.17) is 10.6 Å². The molecule has 0 bridgehead atoms. The molecular weight excluding hydrogens is 156 g/mol. The first-order valence-corrected chi connectivity index (χ1v) is 4.38. The van der Waals surface area contributed by atoms with E-state index >= 15 is 0 Å². The van der Waals surface area contributed by atoms with E-state index in [2.05, 4.69) is 6.92 Å². The third-order valence-electron chi connectivity index (χ3n) is 2.65. The Morgan fingerprint density at radius 1 is 1.75 bits per heavy atom. The van der Waals surface area contributed by atoms with E-state index in [0.717, 1.165) is 12.5 Å². The molecule has 0 radical (unpaired) electrons. The van der Waals surface area contributed by atoms with E-state index in [9.17, 15) is 4.79 Å². The van der Waals surface area contributed by atoms with Crippen molar-refractivity contribution in [3.8, 4) is 0 Å². The molecule has 4 nitrogen and oxygen atoms in total. The lowest BCUT2D eigenvalue weighted by Crippen LogP contribution is -2.35. The molecule has 68 valence electrons. The maximum Gasteiger partial charge on any atom is 0.265 e. The van der Waals surface area contributed by atoms with Crippen molar-refractivity contribution in [2.45, 2.75) is 19.4 Å². The molecule has 0 aromatic rings. The molecule has 2 rings (SSSR count). The Hall–Kier alpha value is -0.610. The van der Waals surface area contributed by atoms with Crippen LogP contribution in [0.1, 0.15) is 13.3 Å². The first kappa shape index (κ1) is 8.01. The van der Waals surface area contributed by atoms with E-state index in [-0.39, 0.29) is 5.91 Å². The summed E-state index contributed by atoms with van der Waals surface area (Å²) in [6.07, 6.45) is 1.21. The van der Waals surface area contributed by atoms with Crippen molar-refractivity contribution < 1.29 is 9.63 Å². The van der Waals surface area contributed by atoms with Crippen LogP contribution in [0.25, 0.3) is 0 Å². The standard InChI is InChI=1S/C8H14N2O2/c1-5-2-6(5)3-10-8(11)7(9)4-12-10/h5-7H,2-4,9H2,1H3. The highest BCUT2D eigenvalue weighted by molar-refractivity contribution is 5.82. The summed E-state index contributed by atoms with van der Waals surface area (Å²) in [6.45, 7) is 3.26. The number of carbonyl (C=O) groups excluding carboxylic acids is 1. The molecule has 0 aromatic carbocycles. The SMILES string of the molecule is CC1CC1CN1OCC(N)C1=O. The summed E-state index contributed by atoms with van der Waals surface area (Å²) < 4.78 is 0. The molecule has 1 aliphatic heterocycles. The minimum absolute atomic E-state index is 0.0610. The zero-order valence-electron chi connectivity index (χ0n) is 7.19. The molecule has 3 atom stereocenters. The molecular formula is C8H14N2O2. The summed E-state index contributed by atoms with van der Waals surface area (Å²) in [6, 6.07) is -0.431. The van der Waals surface area contributed by atoms with E-state index in [1.54, 1.807) is 0 Å². The smallest absolute Gasteiger partial charge is 0.265 e. The molecule has 1 saturated heterocycles. The second-order valence-electron chi connectivity index (χ2n) is 3.77. The fourth-order valence-electron chi connectivity index (χ4n) is 1.50. The number of amides is 1. The topological polar surface area (TPSA) is 55.6 Å².